The van der Waals surface area contributed by atoms with Gasteiger partial charge in [0.25, 0.3) is 0 Å². The van der Waals surface area contributed by atoms with Crippen LogP contribution in [-0.2, 0) is 11.2 Å². The molecule has 1 saturated heterocycles. The fourth-order valence-electron chi connectivity index (χ4n) is 4.78. The molecule has 31 heavy (non-hydrogen) atoms. The minimum atomic E-state index is 0. The normalized spacial score (nSPS) is 22.6. The predicted molar refractivity (Wildman–Crippen MR) is 119 cm³/mol. The Labute approximate surface area is 191 Å². The first kappa shape index (κ1) is 23.4. The van der Waals surface area contributed by atoms with E-state index in [-0.39, 0.29) is 18.3 Å². The number of quaternary nitrogens is 1. The SMILES string of the molecule is COc1ccc(C2CC[N+](C)(CCCOc3cccc4c3CCC(=O)N4)CC2)cc1.[Cl-]. The molecule has 1 amide bonds. The van der Waals surface area contributed by atoms with E-state index in [9.17, 15) is 4.79 Å². The van der Waals surface area contributed by atoms with E-state index >= 15 is 0 Å². The lowest BCUT2D eigenvalue weighted by molar-refractivity contribution is -0.914. The molecule has 0 aliphatic carbocycles. The second-order valence-corrected chi connectivity index (χ2v) is 8.87. The standard InChI is InChI=1S/C25H32N2O3.ClH/c1-27(16-13-20(14-17-27)19-7-9-21(29-2)10-8-19)15-4-18-30-24-6-3-5-23-22(24)11-12-25(28)26-23;/h3,5-10,20H,4,11-18H2,1-2H3;1H. The van der Waals surface area contributed by atoms with Crippen LogP contribution >= 0.6 is 0 Å². The molecular weight excluding hydrogens is 412 g/mol. The zero-order valence-electron chi connectivity index (χ0n) is 18.5. The van der Waals surface area contributed by atoms with E-state index < -0.39 is 0 Å². The molecule has 0 bridgehead atoms. The van der Waals surface area contributed by atoms with Gasteiger partial charge in [0, 0.05) is 36.9 Å². The molecule has 5 nitrogen and oxygen atoms in total. The maximum Gasteiger partial charge on any atom is 0.224 e. The molecule has 6 heteroatoms. The molecular formula is C25H33ClN2O3. The summed E-state index contributed by atoms with van der Waals surface area (Å²) in [5.74, 6) is 2.60. The summed E-state index contributed by atoms with van der Waals surface area (Å²) in [6.07, 6.45) is 4.81. The highest BCUT2D eigenvalue weighted by molar-refractivity contribution is 5.94. The van der Waals surface area contributed by atoms with Gasteiger partial charge in [-0.2, -0.15) is 0 Å². The van der Waals surface area contributed by atoms with Crippen LogP contribution in [0.5, 0.6) is 11.5 Å². The van der Waals surface area contributed by atoms with Crippen LogP contribution in [0, 0.1) is 0 Å². The summed E-state index contributed by atoms with van der Waals surface area (Å²) < 4.78 is 12.5. The van der Waals surface area contributed by atoms with Gasteiger partial charge in [0.2, 0.25) is 5.91 Å². The number of nitrogens with zero attached hydrogens (tertiary/aromatic N) is 1. The molecule has 2 heterocycles. The highest BCUT2D eigenvalue weighted by Crippen LogP contribution is 2.33. The number of ether oxygens (including phenoxy) is 2. The maximum atomic E-state index is 11.6. The van der Waals surface area contributed by atoms with Gasteiger partial charge in [0.15, 0.2) is 0 Å². The van der Waals surface area contributed by atoms with Crippen molar-refractivity contribution in [3.05, 3.63) is 53.6 Å². The smallest absolute Gasteiger partial charge is 0.224 e. The molecule has 2 aliphatic rings. The van der Waals surface area contributed by atoms with Crippen LogP contribution < -0.4 is 27.2 Å². The summed E-state index contributed by atoms with van der Waals surface area (Å²) in [7, 11) is 4.09. The van der Waals surface area contributed by atoms with Crippen LogP contribution in [0.3, 0.4) is 0 Å². The highest BCUT2D eigenvalue weighted by Gasteiger charge is 2.30. The molecule has 0 spiro atoms. The summed E-state index contributed by atoms with van der Waals surface area (Å²) >= 11 is 0. The molecule has 4 rings (SSSR count). The van der Waals surface area contributed by atoms with Gasteiger partial charge in [-0.15, -0.1) is 0 Å². The summed E-state index contributed by atoms with van der Waals surface area (Å²) in [6.45, 7) is 4.29. The van der Waals surface area contributed by atoms with E-state index in [1.807, 2.05) is 18.2 Å². The van der Waals surface area contributed by atoms with Crippen LogP contribution in [0.25, 0.3) is 0 Å². The van der Waals surface area contributed by atoms with E-state index in [1.54, 1.807) is 7.11 Å². The van der Waals surface area contributed by atoms with Crippen LogP contribution in [0.15, 0.2) is 42.5 Å². The fraction of sp³-hybridized carbons (Fsp3) is 0.480. The Morgan fingerprint density at radius 2 is 1.81 bits per heavy atom. The molecule has 0 atom stereocenters. The van der Waals surface area contributed by atoms with Crippen molar-refractivity contribution in [1.82, 2.24) is 0 Å². The summed E-state index contributed by atoms with van der Waals surface area (Å²) in [4.78, 5) is 11.6. The van der Waals surface area contributed by atoms with Crippen molar-refractivity contribution in [3.63, 3.8) is 0 Å². The number of benzene rings is 2. The number of fused-ring (bicyclic) bond motifs is 1. The van der Waals surface area contributed by atoms with Crippen molar-refractivity contribution >= 4 is 11.6 Å². The first-order chi connectivity index (χ1) is 14.6. The molecule has 2 aromatic rings. The number of amides is 1. The Morgan fingerprint density at radius 1 is 1.06 bits per heavy atom. The Balaban J connectivity index is 0.00000272. The van der Waals surface area contributed by atoms with Gasteiger partial charge in [-0.05, 0) is 42.2 Å². The van der Waals surface area contributed by atoms with Crippen LogP contribution in [-0.4, -0.2) is 50.8 Å². The van der Waals surface area contributed by atoms with Crippen molar-refractivity contribution in [1.29, 1.82) is 0 Å². The number of hydrogen-bond acceptors (Lipinski definition) is 3. The number of rotatable bonds is 7. The number of hydrogen-bond donors (Lipinski definition) is 1. The topological polar surface area (TPSA) is 47.6 Å². The molecule has 1 fully saturated rings. The minimum Gasteiger partial charge on any atom is -1.00 e. The predicted octanol–water partition coefficient (Wildman–Crippen LogP) is 1.38. The number of carbonyl (C=O) groups is 1. The van der Waals surface area contributed by atoms with Gasteiger partial charge >= 0.3 is 0 Å². The van der Waals surface area contributed by atoms with Crippen LogP contribution in [0.1, 0.15) is 42.7 Å². The molecule has 0 unspecified atom stereocenters. The van der Waals surface area contributed by atoms with Crippen molar-refractivity contribution in [2.45, 2.75) is 38.0 Å². The van der Waals surface area contributed by atoms with Gasteiger partial charge in [-0.3, -0.25) is 4.79 Å². The number of piperidine rings is 1. The second-order valence-electron chi connectivity index (χ2n) is 8.87. The van der Waals surface area contributed by atoms with Gasteiger partial charge in [0.05, 0.1) is 40.4 Å². The largest absolute Gasteiger partial charge is 1.00 e. The Hall–Kier alpha value is -2.24. The van der Waals surface area contributed by atoms with E-state index in [0.29, 0.717) is 12.3 Å². The lowest BCUT2D eigenvalue weighted by Crippen LogP contribution is -3.00. The number of nitrogens with one attached hydrogen (secondary N) is 1. The lowest BCUT2D eigenvalue weighted by atomic mass is 9.88. The van der Waals surface area contributed by atoms with E-state index in [0.717, 1.165) is 53.2 Å². The third kappa shape index (κ3) is 5.72. The Kier molecular flexibility index (Phi) is 7.84. The Bertz CT molecular complexity index is 877. The number of halogens is 1. The third-order valence-electron chi connectivity index (χ3n) is 6.73. The van der Waals surface area contributed by atoms with E-state index in [1.165, 1.54) is 31.5 Å². The van der Waals surface area contributed by atoms with Gasteiger partial charge in [-0.1, -0.05) is 18.2 Å². The van der Waals surface area contributed by atoms with Crippen molar-refractivity contribution in [2.24, 2.45) is 0 Å². The summed E-state index contributed by atoms with van der Waals surface area (Å²) in [5.41, 5.74) is 3.48. The molecule has 0 aromatic heterocycles. The molecule has 0 radical (unpaired) electrons. The Morgan fingerprint density at radius 3 is 2.52 bits per heavy atom. The molecule has 168 valence electrons. The first-order valence-corrected chi connectivity index (χ1v) is 11.1. The monoisotopic (exact) mass is 444 g/mol. The number of methoxy groups -OCH3 is 1. The maximum absolute atomic E-state index is 11.6. The number of carbonyl (C=O) groups excluding carboxylic acids is 1. The lowest BCUT2D eigenvalue weighted by Gasteiger charge is -2.41. The first-order valence-electron chi connectivity index (χ1n) is 11.1. The van der Waals surface area contributed by atoms with E-state index in [4.69, 9.17) is 9.47 Å². The van der Waals surface area contributed by atoms with Crippen molar-refractivity contribution in [3.8, 4) is 11.5 Å². The minimum absolute atomic E-state index is 0. The van der Waals surface area contributed by atoms with Crippen LogP contribution in [0.4, 0.5) is 5.69 Å². The van der Waals surface area contributed by atoms with E-state index in [2.05, 4.69) is 36.6 Å². The van der Waals surface area contributed by atoms with Crippen molar-refractivity contribution < 1.29 is 31.2 Å². The fourth-order valence-corrected chi connectivity index (χ4v) is 4.78. The summed E-state index contributed by atoms with van der Waals surface area (Å²) in [5, 5.41) is 2.94. The second kappa shape index (κ2) is 10.4. The quantitative estimate of drug-likeness (QED) is 0.518. The zero-order valence-corrected chi connectivity index (χ0v) is 19.3. The van der Waals surface area contributed by atoms with Gasteiger partial charge in [-0.25, -0.2) is 0 Å². The number of anilines is 1. The van der Waals surface area contributed by atoms with Crippen molar-refractivity contribution in [2.75, 3.05) is 45.7 Å². The van der Waals surface area contributed by atoms with Crippen LogP contribution in [0.2, 0.25) is 0 Å². The van der Waals surface area contributed by atoms with Gasteiger partial charge in [0.1, 0.15) is 11.5 Å². The zero-order chi connectivity index (χ0) is 21.0. The number of likely N-dealkylation sites (tertiary alicyclic amines) is 1. The highest BCUT2D eigenvalue weighted by atomic mass is 35.5. The average Bonchev–Trinajstić information content (AvgIpc) is 2.77. The molecule has 2 aromatic carbocycles. The molecule has 1 N–H and O–H groups in total. The molecule has 0 saturated carbocycles. The summed E-state index contributed by atoms with van der Waals surface area (Å²) in [6, 6.07) is 14.5. The third-order valence-corrected chi connectivity index (χ3v) is 6.73. The van der Waals surface area contributed by atoms with Gasteiger partial charge < -0.3 is 31.7 Å². The average molecular weight is 445 g/mol. The molecule has 2 aliphatic heterocycles.